The lowest BCUT2D eigenvalue weighted by Crippen LogP contribution is -2.41. The molecule has 0 atom stereocenters. The minimum absolute atomic E-state index is 0.347. The molecule has 0 saturated heterocycles. The first-order valence-electron chi connectivity index (χ1n) is 8.30. The average molecular weight is 339 g/mol. The molecular formula is C18H27ClN2O2. The summed E-state index contributed by atoms with van der Waals surface area (Å²) in [6.45, 7) is 7.11. The van der Waals surface area contributed by atoms with Crippen LogP contribution in [0, 0.1) is 0 Å². The van der Waals surface area contributed by atoms with Crippen molar-refractivity contribution < 1.29 is 9.53 Å². The molecule has 1 aliphatic carbocycles. The summed E-state index contributed by atoms with van der Waals surface area (Å²) < 4.78 is 5.19. The monoisotopic (exact) mass is 338 g/mol. The SMILES string of the molecule is CC(C)(C)OC(=O)NCCCNC1CC(c2ccccc2Cl)C1. The molecule has 0 heterocycles. The number of hydrogen-bond donors (Lipinski definition) is 2. The third-order valence-corrected chi connectivity index (χ3v) is 4.28. The minimum Gasteiger partial charge on any atom is -0.444 e. The van der Waals surface area contributed by atoms with Crippen molar-refractivity contribution in [3.8, 4) is 0 Å². The van der Waals surface area contributed by atoms with Crippen LogP contribution in [0.5, 0.6) is 0 Å². The normalized spacial score (nSPS) is 20.7. The van der Waals surface area contributed by atoms with E-state index in [1.165, 1.54) is 5.56 Å². The van der Waals surface area contributed by atoms with Crippen molar-refractivity contribution in [1.82, 2.24) is 10.6 Å². The third-order valence-electron chi connectivity index (χ3n) is 3.94. The summed E-state index contributed by atoms with van der Waals surface area (Å²) in [6, 6.07) is 8.65. The highest BCUT2D eigenvalue weighted by Crippen LogP contribution is 2.39. The summed E-state index contributed by atoms with van der Waals surface area (Å²) in [6.07, 6.45) is 2.80. The number of benzene rings is 1. The van der Waals surface area contributed by atoms with Crippen LogP contribution in [0.15, 0.2) is 24.3 Å². The molecule has 4 nitrogen and oxygen atoms in total. The van der Waals surface area contributed by atoms with Gasteiger partial charge in [-0.1, -0.05) is 29.8 Å². The van der Waals surface area contributed by atoms with E-state index in [9.17, 15) is 4.79 Å². The molecule has 0 aliphatic heterocycles. The van der Waals surface area contributed by atoms with Crippen molar-refractivity contribution in [2.75, 3.05) is 13.1 Å². The molecule has 2 N–H and O–H groups in total. The van der Waals surface area contributed by atoms with E-state index in [0.29, 0.717) is 18.5 Å². The van der Waals surface area contributed by atoms with Crippen molar-refractivity contribution in [2.45, 2.75) is 57.6 Å². The van der Waals surface area contributed by atoms with Crippen molar-refractivity contribution in [2.24, 2.45) is 0 Å². The Labute approximate surface area is 143 Å². The fourth-order valence-electron chi connectivity index (χ4n) is 2.74. The number of ether oxygens (including phenoxy) is 1. The van der Waals surface area contributed by atoms with Gasteiger partial charge >= 0.3 is 6.09 Å². The quantitative estimate of drug-likeness (QED) is 0.768. The predicted octanol–water partition coefficient (Wildman–Crippen LogP) is 4.09. The van der Waals surface area contributed by atoms with Crippen LogP contribution in [0.1, 0.15) is 51.5 Å². The van der Waals surface area contributed by atoms with Gasteiger partial charge in [-0.2, -0.15) is 0 Å². The van der Waals surface area contributed by atoms with Crippen LogP contribution in [0.2, 0.25) is 5.02 Å². The van der Waals surface area contributed by atoms with Crippen LogP contribution in [0.4, 0.5) is 4.79 Å². The van der Waals surface area contributed by atoms with E-state index >= 15 is 0 Å². The molecule has 1 aromatic rings. The van der Waals surface area contributed by atoms with E-state index in [0.717, 1.165) is 30.8 Å². The van der Waals surface area contributed by atoms with Gasteiger partial charge < -0.3 is 15.4 Å². The lowest BCUT2D eigenvalue weighted by atomic mass is 9.76. The molecule has 0 bridgehead atoms. The molecule has 2 rings (SSSR count). The largest absolute Gasteiger partial charge is 0.444 e. The molecule has 1 saturated carbocycles. The van der Waals surface area contributed by atoms with Gasteiger partial charge in [0.25, 0.3) is 0 Å². The number of rotatable bonds is 6. The molecule has 23 heavy (non-hydrogen) atoms. The third kappa shape index (κ3) is 6.04. The average Bonchev–Trinajstić information content (AvgIpc) is 2.40. The summed E-state index contributed by atoms with van der Waals surface area (Å²) >= 11 is 6.23. The summed E-state index contributed by atoms with van der Waals surface area (Å²) in [5, 5.41) is 7.17. The van der Waals surface area contributed by atoms with Crippen molar-refractivity contribution in [3.63, 3.8) is 0 Å². The zero-order valence-corrected chi connectivity index (χ0v) is 15.0. The van der Waals surface area contributed by atoms with E-state index in [-0.39, 0.29) is 6.09 Å². The second-order valence-electron chi connectivity index (χ2n) is 7.12. The Hall–Kier alpha value is -1.26. The van der Waals surface area contributed by atoms with Gasteiger partial charge in [0, 0.05) is 17.6 Å². The molecule has 128 valence electrons. The maximum atomic E-state index is 11.5. The smallest absolute Gasteiger partial charge is 0.407 e. The zero-order chi connectivity index (χ0) is 16.9. The molecule has 1 aromatic carbocycles. The number of hydrogen-bond acceptors (Lipinski definition) is 3. The van der Waals surface area contributed by atoms with Gasteiger partial charge in [-0.3, -0.25) is 0 Å². The predicted molar refractivity (Wildman–Crippen MR) is 94.1 cm³/mol. The molecule has 5 heteroatoms. The van der Waals surface area contributed by atoms with Crippen LogP contribution in [0.3, 0.4) is 0 Å². The van der Waals surface area contributed by atoms with E-state index in [2.05, 4.69) is 16.7 Å². The van der Waals surface area contributed by atoms with E-state index < -0.39 is 5.60 Å². The Morgan fingerprint density at radius 3 is 2.61 bits per heavy atom. The lowest BCUT2D eigenvalue weighted by molar-refractivity contribution is 0.0527. The van der Waals surface area contributed by atoms with Crippen molar-refractivity contribution in [1.29, 1.82) is 0 Å². The number of carbonyl (C=O) groups is 1. The minimum atomic E-state index is -0.442. The number of alkyl carbamates (subject to hydrolysis) is 1. The number of halogens is 1. The van der Waals surface area contributed by atoms with Crippen LogP contribution < -0.4 is 10.6 Å². The summed E-state index contributed by atoms with van der Waals surface area (Å²) in [4.78, 5) is 11.5. The highest BCUT2D eigenvalue weighted by molar-refractivity contribution is 6.31. The summed E-state index contributed by atoms with van der Waals surface area (Å²) in [7, 11) is 0. The van der Waals surface area contributed by atoms with Crippen LogP contribution in [-0.4, -0.2) is 30.8 Å². The molecule has 1 aliphatic rings. The molecule has 0 radical (unpaired) electrons. The molecular weight excluding hydrogens is 312 g/mol. The van der Waals surface area contributed by atoms with Crippen LogP contribution in [-0.2, 0) is 4.74 Å². The topological polar surface area (TPSA) is 50.4 Å². The zero-order valence-electron chi connectivity index (χ0n) is 14.2. The maximum absolute atomic E-state index is 11.5. The molecule has 1 fully saturated rings. The van der Waals surface area contributed by atoms with Gasteiger partial charge in [-0.05, 0) is 64.1 Å². The second-order valence-corrected chi connectivity index (χ2v) is 7.53. The van der Waals surface area contributed by atoms with E-state index in [4.69, 9.17) is 16.3 Å². The van der Waals surface area contributed by atoms with Gasteiger partial charge in [0.1, 0.15) is 5.60 Å². The standard InChI is InChI=1S/C18H27ClN2O2/c1-18(2,3)23-17(22)21-10-6-9-20-14-11-13(12-14)15-7-4-5-8-16(15)19/h4-5,7-8,13-14,20H,6,9-12H2,1-3H3,(H,21,22). The summed E-state index contributed by atoms with van der Waals surface area (Å²) in [5.74, 6) is 0.570. The Morgan fingerprint density at radius 2 is 1.96 bits per heavy atom. The van der Waals surface area contributed by atoms with Gasteiger partial charge in [-0.15, -0.1) is 0 Å². The van der Waals surface area contributed by atoms with Crippen molar-refractivity contribution >= 4 is 17.7 Å². The Balaban J connectivity index is 1.54. The first-order valence-corrected chi connectivity index (χ1v) is 8.67. The Morgan fingerprint density at radius 1 is 1.26 bits per heavy atom. The molecule has 0 unspecified atom stereocenters. The first kappa shape index (κ1) is 18.1. The number of nitrogens with one attached hydrogen (secondary N) is 2. The lowest BCUT2D eigenvalue weighted by Gasteiger charge is -2.37. The first-order chi connectivity index (χ1) is 10.8. The Bertz CT molecular complexity index is 522. The van der Waals surface area contributed by atoms with E-state index in [1.54, 1.807) is 0 Å². The highest BCUT2D eigenvalue weighted by Gasteiger charge is 2.30. The van der Waals surface area contributed by atoms with Crippen LogP contribution in [0.25, 0.3) is 0 Å². The molecule has 0 aromatic heterocycles. The number of amides is 1. The molecule has 1 amide bonds. The van der Waals surface area contributed by atoms with Gasteiger partial charge in [0.15, 0.2) is 0 Å². The maximum Gasteiger partial charge on any atom is 0.407 e. The van der Waals surface area contributed by atoms with E-state index in [1.807, 2.05) is 39.0 Å². The number of carbonyl (C=O) groups excluding carboxylic acids is 1. The highest BCUT2D eigenvalue weighted by atomic mass is 35.5. The second kappa shape index (κ2) is 8.02. The van der Waals surface area contributed by atoms with Gasteiger partial charge in [0.2, 0.25) is 0 Å². The summed E-state index contributed by atoms with van der Waals surface area (Å²) in [5.41, 5.74) is 0.820. The van der Waals surface area contributed by atoms with Crippen LogP contribution >= 0.6 is 11.6 Å². The van der Waals surface area contributed by atoms with Crippen molar-refractivity contribution in [3.05, 3.63) is 34.9 Å². The van der Waals surface area contributed by atoms with Gasteiger partial charge in [-0.25, -0.2) is 4.79 Å². The Kier molecular flexibility index (Phi) is 6.31. The molecule has 0 spiro atoms. The fourth-order valence-corrected chi connectivity index (χ4v) is 3.03. The fraction of sp³-hybridized carbons (Fsp3) is 0.611. The van der Waals surface area contributed by atoms with Gasteiger partial charge in [0.05, 0.1) is 0 Å².